The highest BCUT2D eigenvalue weighted by atomic mass is 79.9. The molecule has 5 nitrogen and oxygen atoms in total. The molecule has 0 saturated heterocycles. The number of amides is 1. The van der Waals surface area contributed by atoms with E-state index < -0.39 is 5.91 Å². The normalized spacial score (nSPS) is 10.9. The van der Waals surface area contributed by atoms with E-state index in [1.54, 1.807) is 30.3 Å². The van der Waals surface area contributed by atoms with E-state index in [2.05, 4.69) is 37.2 Å². The number of benzene rings is 4. The lowest BCUT2D eigenvalue weighted by Gasteiger charge is -2.11. The molecule has 38 heavy (non-hydrogen) atoms. The average molecular weight is 632 g/mol. The third kappa shape index (κ3) is 7.82. The molecule has 0 aliphatic rings. The Morgan fingerprint density at radius 2 is 1.45 bits per heavy atom. The SMILES string of the molecule is Cc1ccc(COc2ccc(NC(=O)/C(C#N)=C/c3cc(Br)ccc3OCc3ccc(Br)cc3)cc2)cc1. The molecular formula is C31H24Br2N2O3. The number of rotatable bonds is 9. The van der Waals surface area contributed by atoms with Gasteiger partial charge in [0.2, 0.25) is 0 Å². The van der Waals surface area contributed by atoms with Crippen LogP contribution in [0, 0.1) is 18.3 Å². The second-order valence-corrected chi connectivity index (χ2v) is 10.4. The predicted molar refractivity (Wildman–Crippen MR) is 157 cm³/mol. The topological polar surface area (TPSA) is 71.3 Å². The molecule has 1 N–H and O–H groups in total. The van der Waals surface area contributed by atoms with Crippen LogP contribution in [0.5, 0.6) is 11.5 Å². The van der Waals surface area contributed by atoms with Gasteiger partial charge in [-0.1, -0.05) is 73.8 Å². The van der Waals surface area contributed by atoms with E-state index in [0.717, 1.165) is 20.1 Å². The maximum absolute atomic E-state index is 12.9. The molecule has 0 unspecified atom stereocenters. The van der Waals surface area contributed by atoms with Gasteiger partial charge in [0.05, 0.1) is 0 Å². The second-order valence-electron chi connectivity index (χ2n) is 8.52. The van der Waals surface area contributed by atoms with Gasteiger partial charge in [-0.15, -0.1) is 0 Å². The van der Waals surface area contributed by atoms with Gasteiger partial charge in [0.25, 0.3) is 5.91 Å². The van der Waals surface area contributed by atoms with Crippen LogP contribution in [0.15, 0.2) is 106 Å². The monoisotopic (exact) mass is 630 g/mol. The molecule has 0 aliphatic heterocycles. The summed E-state index contributed by atoms with van der Waals surface area (Å²) in [5, 5.41) is 12.5. The van der Waals surface area contributed by atoms with E-state index in [9.17, 15) is 10.1 Å². The van der Waals surface area contributed by atoms with Crippen molar-refractivity contribution in [1.29, 1.82) is 5.26 Å². The Morgan fingerprint density at radius 1 is 0.842 bits per heavy atom. The molecule has 0 saturated carbocycles. The summed E-state index contributed by atoms with van der Waals surface area (Å²) in [6.07, 6.45) is 1.52. The third-order valence-electron chi connectivity index (χ3n) is 5.58. The Labute approximate surface area is 239 Å². The summed E-state index contributed by atoms with van der Waals surface area (Å²) in [5.74, 6) is 0.729. The molecule has 4 aromatic rings. The van der Waals surface area contributed by atoms with Crippen LogP contribution in [0.2, 0.25) is 0 Å². The zero-order valence-electron chi connectivity index (χ0n) is 20.6. The minimum Gasteiger partial charge on any atom is -0.489 e. The number of nitrogens with one attached hydrogen (secondary N) is 1. The summed E-state index contributed by atoms with van der Waals surface area (Å²) in [7, 11) is 0. The second kappa shape index (κ2) is 13.1. The summed E-state index contributed by atoms with van der Waals surface area (Å²) in [4.78, 5) is 12.9. The number of anilines is 1. The van der Waals surface area contributed by atoms with Gasteiger partial charge in [-0.25, -0.2) is 0 Å². The maximum atomic E-state index is 12.9. The van der Waals surface area contributed by atoms with Crippen molar-refractivity contribution in [2.24, 2.45) is 0 Å². The molecule has 0 aliphatic carbocycles. The predicted octanol–water partition coefficient (Wildman–Crippen LogP) is 8.22. The Bertz CT molecular complexity index is 1470. The Hall–Kier alpha value is -3.86. The maximum Gasteiger partial charge on any atom is 0.266 e. The zero-order chi connectivity index (χ0) is 26.9. The summed E-state index contributed by atoms with van der Waals surface area (Å²) in [6, 6.07) is 30.5. The Kier molecular flexibility index (Phi) is 9.36. The molecule has 0 heterocycles. The first-order valence-electron chi connectivity index (χ1n) is 11.8. The molecule has 4 rings (SSSR count). The third-order valence-corrected chi connectivity index (χ3v) is 6.60. The van der Waals surface area contributed by atoms with Crippen molar-refractivity contribution in [2.75, 3.05) is 5.32 Å². The van der Waals surface area contributed by atoms with E-state index in [0.29, 0.717) is 36.0 Å². The van der Waals surface area contributed by atoms with Crippen molar-refractivity contribution in [2.45, 2.75) is 20.1 Å². The van der Waals surface area contributed by atoms with Crippen LogP contribution in [-0.4, -0.2) is 5.91 Å². The standard InChI is InChI=1S/C31H24Br2N2O3/c1-21-2-4-22(5-3-21)19-37-29-13-11-28(12-14-29)35-31(36)25(18-34)16-24-17-27(33)10-15-30(24)38-20-23-6-8-26(32)9-7-23/h2-17H,19-20H2,1H3,(H,35,36)/b25-16+. The van der Waals surface area contributed by atoms with Gasteiger partial charge in [-0.3, -0.25) is 4.79 Å². The van der Waals surface area contributed by atoms with Crippen molar-refractivity contribution < 1.29 is 14.3 Å². The highest BCUT2D eigenvalue weighted by Crippen LogP contribution is 2.27. The molecule has 0 bridgehead atoms. The molecule has 190 valence electrons. The van der Waals surface area contributed by atoms with Crippen LogP contribution >= 0.6 is 31.9 Å². The largest absolute Gasteiger partial charge is 0.489 e. The summed E-state index contributed by atoms with van der Waals surface area (Å²) >= 11 is 6.88. The van der Waals surface area contributed by atoms with Crippen LogP contribution in [0.25, 0.3) is 6.08 Å². The van der Waals surface area contributed by atoms with E-state index in [1.807, 2.05) is 73.7 Å². The molecule has 0 aromatic heterocycles. The van der Waals surface area contributed by atoms with Crippen molar-refractivity contribution in [3.63, 3.8) is 0 Å². The van der Waals surface area contributed by atoms with E-state index >= 15 is 0 Å². The number of ether oxygens (including phenoxy) is 2. The average Bonchev–Trinajstić information content (AvgIpc) is 2.92. The van der Waals surface area contributed by atoms with Crippen LogP contribution < -0.4 is 14.8 Å². The number of hydrogen-bond donors (Lipinski definition) is 1. The number of carbonyl (C=O) groups excluding carboxylic acids is 1. The van der Waals surface area contributed by atoms with Gasteiger partial charge in [0.1, 0.15) is 36.4 Å². The zero-order valence-corrected chi connectivity index (χ0v) is 23.8. The minimum absolute atomic E-state index is 0.0451. The van der Waals surface area contributed by atoms with Gasteiger partial charge in [0.15, 0.2) is 0 Å². The molecular weight excluding hydrogens is 608 g/mol. The minimum atomic E-state index is -0.514. The fourth-order valence-electron chi connectivity index (χ4n) is 3.49. The van der Waals surface area contributed by atoms with E-state index in [1.165, 1.54) is 11.6 Å². The number of nitriles is 1. The first kappa shape index (κ1) is 27.2. The van der Waals surface area contributed by atoms with E-state index in [-0.39, 0.29) is 5.57 Å². The van der Waals surface area contributed by atoms with Gasteiger partial charge in [-0.2, -0.15) is 5.26 Å². The van der Waals surface area contributed by atoms with Gasteiger partial charge in [0, 0.05) is 20.2 Å². The van der Waals surface area contributed by atoms with Gasteiger partial charge >= 0.3 is 0 Å². The summed E-state index contributed by atoms with van der Waals surface area (Å²) in [5.41, 5.74) is 4.39. The molecule has 0 atom stereocenters. The van der Waals surface area contributed by atoms with Crippen molar-refractivity contribution in [3.8, 4) is 17.6 Å². The van der Waals surface area contributed by atoms with Crippen LogP contribution in [0.4, 0.5) is 5.69 Å². The fourth-order valence-corrected chi connectivity index (χ4v) is 4.14. The number of hydrogen-bond acceptors (Lipinski definition) is 4. The molecule has 1 amide bonds. The Balaban J connectivity index is 1.41. The number of halogens is 2. The lowest BCUT2D eigenvalue weighted by atomic mass is 10.1. The number of carbonyl (C=O) groups is 1. The first-order chi connectivity index (χ1) is 18.4. The highest BCUT2D eigenvalue weighted by molar-refractivity contribution is 9.10. The fraction of sp³-hybridized carbons (Fsp3) is 0.0968. The molecule has 0 fully saturated rings. The molecule has 0 spiro atoms. The lowest BCUT2D eigenvalue weighted by Crippen LogP contribution is -2.13. The summed E-state index contributed by atoms with van der Waals surface area (Å²) < 4.78 is 13.6. The van der Waals surface area contributed by atoms with E-state index in [4.69, 9.17) is 9.47 Å². The first-order valence-corrected chi connectivity index (χ1v) is 13.4. The summed E-state index contributed by atoms with van der Waals surface area (Å²) in [6.45, 7) is 2.84. The molecule has 4 aromatic carbocycles. The van der Waals surface area contributed by atoms with Crippen molar-refractivity contribution >= 4 is 49.5 Å². The number of nitrogens with zero attached hydrogens (tertiary/aromatic N) is 1. The molecule has 0 radical (unpaired) electrons. The highest BCUT2D eigenvalue weighted by Gasteiger charge is 2.12. The number of aryl methyl sites for hydroxylation is 1. The van der Waals surface area contributed by atoms with Crippen molar-refractivity contribution in [3.05, 3.63) is 128 Å². The Morgan fingerprint density at radius 3 is 2.11 bits per heavy atom. The smallest absolute Gasteiger partial charge is 0.266 e. The molecule has 7 heteroatoms. The van der Waals surface area contributed by atoms with Crippen molar-refractivity contribution in [1.82, 2.24) is 0 Å². The van der Waals surface area contributed by atoms with Gasteiger partial charge in [-0.05, 0) is 78.7 Å². The van der Waals surface area contributed by atoms with Gasteiger partial charge < -0.3 is 14.8 Å². The lowest BCUT2D eigenvalue weighted by molar-refractivity contribution is -0.112. The quantitative estimate of drug-likeness (QED) is 0.149. The van der Waals surface area contributed by atoms with Crippen LogP contribution in [-0.2, 0) is 18.0 Å². The van der Waals surface area contributed by atoms with Crippen LogP contribution in [0.3, 0.4) is 0 Å². The van der Waals surface area contributed by atoms with Crippen LogP contribution in [0.1, 0.15) is 22.3 Å².